The van der Waals surface area contributed by atoms with Crippen molar-refractivity contribution in [1.82, 2.24) is 0 Å². The van der Waals surface area contributed by atoms with Gasteiger partial charge in [-0.2, -0.15) is 0 Å². The Kier molecular flexibility index (Phi) is 5.89. The minimum Gasteiger partial charge on any atom is -0.310 e. The average Bonchev–Trinajstić information content (AvgIpc) is 3.05. The summed E-state index contributed by atoms with van der Waals surface area (Å²) in [6, 6.07) is 44.3. The molecule has 0 N–H and O–H groups in total. The molecule has 6 aromatic rings. The van der Waals surface area contributed by atoms with Gasteiger partial charge in [-0.3, -0.25) is 0 Å². The van der Waals surface area contributed by atoms with Gasteiger partial charge in [0.15, 0.2) is 0 Å². The van der Waals surface area contributed by atoms with Crippen molar-refractivity contribution in [3.05, 3.63) is 167 Å². The summed E-state index contributed by atoms with van der Waals surface area (Å²) in [5, 5.41) is 5.30. The van der Waals surface area contributed by atoms with E-state index < -0.39 is 0 Å². The molecule has 6 aromatic carbocycles. The molecule has 0 radical (unpaired) electrons. The van der Waals surface area contributed by atoms with Gasteiger partial charge in [-0.1, -0.05) is 127 Å². The molecule has 0 aromatic heterocycles. The summed E-state index contributed by atoms with van der Waals surface area (Å²) < 4.78 is 0. The summed E-state index contributed by atoms with van der Waals surface area (Å²) in [7, 11) is 0. The number of benzene rings is 6. The Bertz CT molecular complexity index is 2070. The molecule has 0 heterocycles. The van der Waals surface area contributed by atoms with Crippen LogP contribution >= 0.6 is 0 Å². The fraction of sp³-hybridized carbons (Fsp3) is 0.0732. The van der Waals surface area contributed by atoms with Crippen LogP contribution in [0.1, 0.15) is 39.8 Å². The van der Waals surface area contributed by atoms with Crippen LogP contribution in [-0.2, 0) is 6.42 Å². The maximum atomic E-state index is 2.43. The Hall–Kier alpha value is -5.14. The predicted molar refractivity (Wildman–Crippen MR) is 181 cm³/mol. The zero-order valence-corrected chi connectivity index (χ0v) is 23.7. The van der Waals surface area contributed by atoms with Crippen LogP contribution in [0.2, 0.25) is 0 Å². The molecule has 0 saturated heterocycles. The van der Waals surface area contributed by atoms with Gasteiger partial charge in [0, 0.05) is 16.9 Å². The summed E-state index contributed by atoms with van der Waals surface area (Å²) in [5.41, 5.74) is 12.9. The second-order valence-corrected chi connectivity index (χ2v) is 11.4. The van der Waals surface area contributed by atoms with Crippen LogP contribution in [0, 0.1) is 6.92 Å². The normalized spacial score (nSPS) is 13.8. The number of hydrogen-bond donors (Lipinski definition) is 0. The lowest BCUT2D eigenvalue weighted by molar-refractivity contribution is 1.19. The number of nitrogens with zero attached hydrogens (tertiary/aromatic N) is 1. The summed E-state index contributed by atoms with van der Waals surface area (Å²) >= 11 is 0. The minimum atomic E-state index is 0.948. The highest BCUT2D eigenvalue weighted by Crippen LogP contribution is 2.46. The Morgan fingerprint density at radius 3 is 2.19 bits per heavy atom. The number of hydrogen-bond acceptors (Lipinski definition) is 1. The van der Waals surface area contributed by atoms with Crippen LogP contribution in [0.15, 0.2) is 133 Å². The van der Waals surface area contributed by atoms with Crippen LogP contribution in [0.3, 0.4) is 0 Å². The number of rotatable bonds is 5. The van der Waals surface area contributed by atoms with Crippen molar-refractivity contribution in [1.29, 1.82) is 0 Å². The van der Waals surface area contributed by atoms with Gasteiger partial charge in [0.05, 0.1) is 5.70 Å². The molecule has 200 valence electrons. The highest BCUT2D eigenvalue weighted by molar-refractivity contribution is 6.06. The largest absolute Gasteiger partial charge is 0.310 e. The van der Waals surface area contributed by atoms with E-state index in [4.69, 9.17) is 0 Å². The minimum absolute atomic E-state index is 0.948. The fourth-order valence-corrected chi connectivity index (χ4v) is 6.66. The van der Waals surface area contributed by atoms with Crippen molar-refractivity contribution >= 4 is 56.3 Å². The fourth-order valence-electron chi connectivity index (χ4n) is 6.66. The van der Waals surface area contributed by atoms with E-state index in [0.29, 0.717) is 0 Å². The maximum absolute atomic E-state index is 2.43. The van der Waals surface area contributed by atoms with E-state index in [1.165, 1.54) is 71.9 Å². The van der Waals surface area contributed by atoms with Gasteiger partial charge >= 0.3 is 0 Å². The molecule has 0 aliphatic heterocycles. The lowest BCUT2D eigenvalue weighted by Crippen LogP contribution is -2.19. The molecule has 2 aliphatic rings. The van der Waals surface area contributed by atoms with E-state index >= 15 is 0 Å². The molecule has 0 saturated carbocycles. The molecular formula is C41H31N. The number of anilines is 2. The van der Waals surface area contributed by atoms with Crippen LogP contribution in [0.4, 0.5) is 11.4 Å². The zero-order valence-electron chi connectivity index (χ0n) is 23.7. The third-order valence-corrected chi connectivity index (χ3v) is 8.78. The second-order valence-electron chi connectivity index (χ2n) is 11.4. The van der Waals surface area contributed by atoms with Gasteiger partial charge in [0.2, 0.25) is 0 Å². The molecule has 1 heteroatoms. The first kappa shape index (κ1) is 24.6. The van der Waals surface area contributed by atoms with E-state index in [-0.39, 0.29) is 0 Å². The first-order chi connectivity index (χ1) is 20.7. The first-order valence-electron chi connectivity index (χ1n) is 14.8. The number of fused-ring (bicyclic) bond motifs is 1. The van der Waals surface area contributed by atoms with Crippen molar-refractivity contribution in [2.24, 2.45) is 0 Å². The third kappa shape index (κ3) is 4.17. The average molecular weight is 538 g/mol. The van der Waals surface area contributed by atoms with E-state index in [1.54, 1.807) is 0 Å². The molecule has 0 fully saturated rings. The summed E-state index contributed by atoms with van der Waals surface area (Å²) in [5.74, 6) is 0. The molecule has 2 aliphatic carbocycles. The predicted octanol–water partition coefficient (Wildman–Crippen LogP) is 11.0. The van der Waals surface area contributed by atoms with Crippen LogP contribution in [0.5, 0.6) is 0 Å². The molecule has 0 atom stereocenters. The van der Waals surface area contributed by atoms with Crippen molar-refractivity contribution in [3.8, 4) is 0 Å². The molecule has 0 amide bonds. The number of allylic oxidation sites excluding steroid dienone is 3. The molecule has 8 rings (SSSR count). The van der Waals surface area contributed by atoms with E-state index in [9.17, 15) is 0 Å². The van der Waals surface area contributed by atoms with Crippen LogP contribution < -0.4 is 4.90 Å². The quantitative estimate of drug-likeness (QED) is 0.198. The van der Waals surface area contributed by atoms with Gasteiger partial charge in [0.1, 0.15) is 0 Å². The monoisotopic (exact) mass is 537 g/mol. The van der Waals surface area contributed by atoms with E-state index in [1.807, 2.05) is 0 Å². The third-order valence-electron chi connectivity index (χ3n) is 8.78. The second kappa shape index (κ2) is 10.0. The maximum Gasteiger partial charge on any atom is 0.0503 e. The van der Waals surface area contributed by atoms with Gasteiger partial charge in [-0.05, 0) is 93.4 Å². The lowest BCUT2D eigenvalue weighted by Gasteiger charge is -2.34. The Morgan fingerprint density at radius 2 is 1.33 bits per heavy atom. The molecule has 0 bridgehead atoms. The molecule has 0 spiro atoms. The van der Waals surface area contributed by atoms with Gasteiger partial charge in [0.25, 0.3) is 0 Å². The van der Waals surface area contributed by atoms with Crippen molar-refractivity contribution in [3.63, 3.8) is 0 Å². The lowest BCUT2D eigenvalue weighted by atomic mass is 9.80. The summed E-state index contributed by atoms with van der Waals surface area (Å²) in [6.45, 7) is 2.15. The summed E-state index contributed by atoms with van der Waals surface area (Å²) in [4.78, 5) is 2.43. The summed E-state index contributed by atoms with van der Waals surface area (Å²) in [6.07, 6.45) is 11.3. The smallest absolute Gasteiger partial charge is 0.0503 e. The van der Waals surface area contributed by atoms with Gasteiger partial charge in [-0.25, -0.2) is 0 Å². The van der Waals surface area contributed by atoms with E-state index in [2.05, 4.69) is 157 Å². The zero-order chi connectivity index (χ0) is 28.0. The molecule has 1 nitrogen and oxygen atoms in total. The van der Waals surface area contributed by atoms with Gasteiger partial charge in [-0.15, -0.1) is 0 Å². The van der Waals surface area contributed by atoms with Crippen molar-refractivity contribution in [2.45, 2.75) is 19.8 Å². The first-order valence-corrected chi connectivity index (χ1v) is 14.8. The number of aryl methyl sites for hydroxylation is 1. The van der Waals surface area contributed by atoms with Crippen LogP contribution in [-0.4, -0.2) is 0 Å². The van der Waals surface area contributed by atoms with E-state index in [0.717, 1.165) is 18.5 Å². The SMILES string of the molecule is Cc1ccc(N(C2=CCC3=CCc4cccc5ccc2c3c45)c2ccc(C=Cc3cccc4ccccc34)cc2)cc1. The molecule has 42 heavy (non-hydrogen) atoms. The standard InChI is InChI=1S/C41H31N/c1-28-12-22-35(23-13-28)42(39-27-21-34-19-18-32-9-5-10-33-20-26-38(39)41(34)40(32)33)36-24-15-29(16-25-36)14-17-31-8-4-7-30-6-2-3-11-37(30)31/h2-17,19-20,22-27H,18,21H2,1H3. The highest BCUT2D eigenvalue weighted by Gasteiger charge is 2.27. The van der Waals surface area contributed by atoms with Crippen LogP contribution in [0.25, 0.3) is 45.0 Å². The Balaban J connectivity index is 1.21. The van der Waals surface area contributed by atoms with Crippen molar-refractivity contribution in [2.75, 3.05) is 4.90 Å². The Labute approximate surface area is 247 Å². The molecular weight excluding hydrogens is 506 g/mol. The highest BCUT2D eigenvalue weighted by atomic mass is 15.1. The topological polar surface area (TPSA) is 3.24 Å². The van der Waals surface area contributed by atoms with Gasteiger partial charge < -0.3 is 4.90 Å². The van der Waals surface area contributed by atoms with Crippen molar-refractivity contribution < 1.29 is 0 Å². The Morgan fingerprint density at radius 1 is 0.595 bits per heavy atom. The molecule has 0 unspecified atom stereocenters.